The van der Waals surface area contributed by atoms with E-state index >= 15 is 0 Å². The largest absolute Gasteiger partial charge is 0.494 e. The average molecular weight is 340 g/mol. The highest BCUT2D eigenvalue weighted by molar-refractivity contribution is 5.90. The number of para-hydroxylation sites is 2. The van der Waals surface area contributed by atoms with E-state index in [1.807, 2.05) is 37.3 Å². The molecule has 0 unspecified atom stereocenters. The van der Waals surface area contributed by atoms with Gasteiger partial charge in [0.2, 0.25) is 5.91 Å². The Balaban J connectivity index is 1.54. The van der Waals surface area contributed by atoms with Crippen molar-refractivity contribution in [3.63, 3.8) is 0 Å². The number of rotatable bonds is 7. The number of ether oxygens (including phenoxy) is 1. The van der Waals surface area contributed by atoms with Gasteiger partial charge in [-0.05, 0) is 49.7 Å². The van der Waals surface area contributed by atoms with Gasteiger partial charge in [0, 0.05) is 18.7 Å². The lowest BCUT2D eigenvalue weighted by atomic mass is 10.2. The third kappa shape index (κ3) is 4.09. The molecule has 130 valence electrons. The van der Waals surface area contributed by atoms with E-state index in [0.717, 1.165) is 17.0 Å². The lowest BCUT2D eigenvalue weighted by Gasteiger charge is -2.07. The monoisotopic (exact) mass is 340 g/mol. The molecule has 1 aromatic heterocycles. The molecule has 0 spiro atoms. The first-order valence-electron chi connectivity index (χ1n) is 8.28. The quantitative estimate of drug-likeness (QED) is 0.715. The van der Waals surface area contributed by atoms with Gasteiger partial charge < -0.3 is 14.5 Å². The minimum atomic E-state index is -0.395. The summed E-state index contributed by atoms with van der Waals surface area (Å²) in [4.78, 5) is 23.9. The third-order valence-electron chi connectivity index (χ3n) is 3.81. The number of fused-ring (bicyclic) bond motifs is 1. The molecule has 3 rings (SSSR count). The number of nitrogens with zero attached hydrogens (tertiary/aromatic N) is 1. The molecule has 0 aliphatic heterocycles. The first-order valence-corrected chi connectivity index (χ1v) is 8.28. The molecular weight excluding hydrogens is 320 g/mol. The van der Waals surface area contributed by atoms with Gasteiger partial charge in [-0.3, -0.25) is 9.36 Å². The van der Waals surface area contributed by atoms with Crippen molar-refractivity contribution in [2.75, 3.05) is 11.9 Å². The Labute approximate surface area is 145 Å². The van der Waals surface area contributed by atoms with Crippen LogP contribution in [0.3, 0.4) is 0 Å². The van der Waals surface area contributed by atoms with E-state index in [1.165, 1.54) is 0 Å². The van der Waals surface area contributed by atoms with E-state index in [0.29, 0.717) is 31.6 Å². The van der Waals surface area contributed by atoms with Gasteiger partial charge in [0.1, 0.15) is 5.75 Å². The minimum absolute atomic E-state index is 0.0926. The zero-order valence-electron chi connectivity index (χ0n) is 14.0. The van der Waals surface area contributed by atoms with Crippen LogP contribution in [-0.4, -0.2) is 17.1 Å². The maximum Gasteiger partial charge on any atom is 0.419 e. The summed E-state index contributed by atoms with van der Waals surface area (Å²) in [6, 6.07) is 14.5. The third-order valence-corrected chi connectivity index (χ3v) is 3.81. The summed E-state index contributed by atoms with van der Waals surface area (Å²) >= 11 is 0. The Bertz CT molecular complexity index is 909. The topological polar surface area (TPSA) is 73.5 Å². The van der Waals surface area contributed by atoms with Crippen LogP contribution >= 0.6 is 0 Å². The number of hydrogen-bond donors (Lipinski definition) is 1. The zero-order chi connectivity index (χ0) is 17.6. The maximum atomic E-state index is 12.0. The maximum absolute atomic E-state index is 12.0. The first-order chi connectivity index (χ1) is 12.2. The van der Waals surface area contributed by atoms with Gasteiger partial charge in [0.25, 0.3) is 0 Å². The number of carbonyl (C=O) groups excluding carboxylic acids is 1. The summed E-state index contributed by atoms with van der Waals surface area (Å²) in [6.07, 6.45) is 0.867. The summed E-state index contributed by atoms with van der Waals surface area (Å²) in [5, 5.41) is 2.84. The second-order valence-electron chi connectivity index (χ2n) is 5.60. The van der Waals surface area contributed by atoms with Crippen LogP contribution in [0.5, 0.6) is 5.75 Å². The fraction of sp³-hybridized carbons (Fsp3) is 0.263. The van der Waals surface area contributed by atoms with Crippen LogP contribution in [0.4, 0.5) is 5.69 Å². The lowest BCUT2D eigenvalue weighted by Crippen LogP contribution is -2.17. The molecule has 0 radical (unpaired) electrons. The van der Waals surface area contributed by atoms with Gasteiger partial charge in [-0.1, -0.05) is 12.1 Å². The van der Waals surface area contributed by atoms with Gasteiger partial charge in [-0.25, -0.2) is 4.79 Å². The molecule has 6 heteroatoms. The number of benzene rings is 2. The van der Waals surface area contributed by atoms with Gasteiger partial charge in [0.05, 0.1) is 12.1 Å². The fourth-order valence-electron chi connectivity index (χ4n) is 2.65. The molecular formula is C19H20N2O4. The number of anilines is 1. The molecule has 3 aromatic rings. The number of aromatic nitrogens is 1. The highest BCUT2D eigenvalue weighted by Gasteiger charge is 2.09. The van der Waals surface area contributed by atoms with Gasteiger partial charge in [-0.15, -0.1) is 0 Å². The summed E-state index contributed by atoms with van der Waals surface area (Å²) in [6.45, 7) is 2.96. The number of hydrogen-bond acceptors (Lipinski definition) is 4. The molecule has 0 atom stereocenters. The predicted molar refractivity (Wildman–Crippen MR) is 95.9 cm³/mol. The second kappa shape index (κ2) is 7.70. The SMILES string of the molecule is CCOc1ccc(NC(=O)CCCn2c(=O)oc3ccccc32)cc1. The molecule has 1 amide bonds. The fourth-order valence-corrected chi connectivity index (χ4v) is 2.65. The van der Waals surface area contributed by atoms with Crippen molar-refractivity contribution >= 4 is 22.7 Å². The Morgan fingerprint density at radius 1 is 1.16 bits per heavy atom. The van der Waals surface area contributed by atoms with Crippen LogP contribution in [0.25, 0.3) is 11.1 Å². The summed E-state index contributed by atoms with van der Waals surface area (Å²) in [5.74, 6) is 0.282. The van der Waals surface area contributed by atoms with Crippen LogP contribution < -0.4 is 15.8 Å². The first kappa shape index (κ1) is 16.8. The smallest absolute Gasteiger partial charge is 0.419 e. The van der Waals surface area contributed by atoms with Crippen molar-refractivity contribution in [1.82, 2.24) is 4.57 Å². The van der Waals surface area contributed by atoms with Gasteiger partial charge >= 0.3 is 5.76 Å². The average Bonchev–Trinajstić information content (AvgIpc) is 2.93. The Hall–Kier alpha value is -3.02. The number of amides is 1. The Morgan fingerprint density at radius 2 is 1.92 bits per heavy atom. The normalized spacial score (nSPS) is 10.8. The van der Waals surface area contributed by atoms with Crippen LogP contribution in [0.15, 0.2) is 57.7 Å². The van der Waals surface area contributed by atoms with E-state index in [2.05, 4.69) is 5.32 Å². The van der Waals surface area contributed by atoms with E-state index in [4.69, 9.17) is 9.15 Å². The number of oxazole rings is 1. The molecule has 1 heterocycles. The molecule has 0 aliphatic carbocycles. The molecule has 0 saturated heterocycles. The van der Waals surface area contributed by atoms with Gasteiger partial charge in [-0.2, -0.15) is 0 Å². The number of carbonyl (C=O) groups is 1. The van der Waals surface area contributed by atoms with Crippen LogP contribution in [0.1, 0.15) is 19.8 Å². The summed E-state index contributed by atoms with van der Waals surface area (Å²) < 4.78 is 12.1. The van der Waals surface area contributed by atoms with E-state index in [9.17, 15) is 9.59 Å². The second-order valence-corrected chi connectivity index (χ2v) is 5.60. The van der Waals surface area contributed by atoms with E-state index in [1.54, 1.807) is 22.8 Å². The Kier molecular flexibility index (Phi) is 5.18. The summed E-state index contributed by atoms with van der Waals surface area (Å²) in [7, 11) is 0. The van der Waals surface area contributed by atoms with Crippen molar-refractivity contribution in [1.29, 1.82) is 0 Å². The van der Waals surface area contributed by atoms with E-state index < -0.39 is 5.76 Å². The van der Waals surface area contributed by atoms with Gasteiger partial charge in [0.15, 0.2) is 5.58 Å². The van der Waals surface area contributed by atoms with Crippen LogP contribution in [0.2, 0.25) is 0 Å². The molecule has 0 fully saturated rings. The molecule has 0 bridgehead atoms. The predicted octanol–water partition coefficient (Wildman–Crippen LogP) is 3.41. The van der Waals surface area contributed by atoms with Crippen molar-refractivity contribution in [2.45, 2.75) is 26.3 Å². The standard InChI is InChI=1S/C19H20N2O4/c1-2-24-15-11-9-14(10-12-15)20-18(22)8-5-13-21-16-6-3-4-7-17(16)25-19(21)23/h3-4,6-7,9-12H,2,5,8,13H2,1H3,(H,20,22). The molecule has 1 N–H and O–H groups in total. The van der Waals surface area contributed by atoms with Crippen LogP contribution in [-0.2, 0) is 11.3 Å². The molecule has 0 aliphatic rings. The van der Waals surface area contributed by atoms with Crippen molar-refractivity contribution in [2.24, 2.45) is 0 Å². The molecule has 0 saturated carbocycles. The molecule has 2 aromatic carbocycles. The minimum Gasteiger partial charge on any atom is -0.494 e. The van der Waals surface area contributed by atoms with Crippen molar-refractivity contribution in [3.05, 3.63) is 59.1 Å². The van der Waals surface area contributed by atoms with E-state index in [-0.39, 0.29) is 5.91 Å². The Morgan fingerprint density at radius 3 is 2.68 bits per heavy atom. The zero-order valence-corrected chi connectivity index (χ0v) is 14.0. The summed E-state index contributed by atoms with van der Waals surface area (Å²) in [5.41, 5.74) is 2.03. The number of aryl methyl sites for hydroxylation is 1. The highest BCUT2D eigenvalue weighted by Crippen LogP contribution is 2.16. The van der Waals surface area contributed by atoms with Crippen LogP contribution in [0, 0.1) is 0 Å². The molecule has 25 heavy (non-hydrogen) atoms. The molecule has 6 nitrogen and oxygen atoms in total. The highest BCUT2D eigenvalue weighted by atomic mass is 16.5. The lowest BCUT2D eigenvalue weighted by molar-refractivity contribution is -0.116. The number of nitrogens with one attached hydrogen (secondary N) is 1. The van der Waals surface area contributed by atoms with Crippen molar-refractivity contribution in [3.8, 4) is 5.75 Å². The van der Waals surface area contributed by atoms with Crippen molar-refractivity contribution < 1.29 is 13.9 Å².